The minimum atomic E-state index is -3.17. The van der Waals surface area contributed by atoms with Crippen molar-refractivity contribution in [3.63, 3.8) is 0 Å². The molecule has 2 aromatic rings. The first kappa shape index (κ1) is 20.9. The van der Waals surface area contributed by atoms with Crippen LogP contribution >= 0.6 is 11.3 Å². The standard InChI is InChI=1S/C19H29N5O3S2/c1-14-15(2)28-19-17(14)18(20-16(21-19)13-22-9-11-27-12-10-22)23-5-4-6-24(8-7-23)29(3,25)26/h4-13H2,1-3H3. The largest absolute Gasteiger partial charge is 0.379 e. The summed E-state index contributed by atoms with van der Waals surface area (Å²) in [5, 5.41) is 1.12. The molecule has 4 rings (SSSR count). The number of aromatic nitrogens is 2. The van der Waals surface area contributed by atoms with Crippen LogP contribution in [-0.2, 0) is 21.3 Å². The third-order valence-corrected chi connectivity index (χ3v) is 8.15. The average Bonchev–Trinajstić information content (AvgIpc) is 2.86. The van der Waals surface area contributed by atoms with Crippen LogP contribution in [0.15, 0.2) is 0 Å². The fourth-order valence-electron chi connectivity index (χ4n) is 3.97. The predicted octanol–water partition coefficient (Wildman–Crippen LogP) is 1.61. The van der Waals surface area contributed by atoms with E-state index in [-0.39, 0.29) is 0 Å². The lowest BCUT2D eigenvalue weighted by atomic mass is 10.2. The van der Waals surface area contributed by atoms with E-state index in [1.807, 2.05) is 0 Å². The molecule has 0 amide bonds. The summed E-state index contributed by atoms with van der Waals surface area (Å²) in [6, 6.07) is 0. The predicted molar refractivity (Wildman–Crippen MR) is 116 cm³/mol. The van der Waals surface area contributed by atoms with Crippen molar-refractivity contribution >= 4 is 37.4 Å². The Bertz CT molecular complexity index is 985. The summed E-state index contributed by atoms with van der Waals surface area (Å²) in [6.45, 7) is 10.7. The van der Waals surface area contributed by atoms with Gasteiger partial charge in [0, 0.05) is 44.1 Å². The maximum absolute atomic E-state index is 12.0. The van der Waals surface area contributed by atoms with Crippen molar-refractivity contribution in [3.8, 4) is 0 Å². The van der Waals surface area contributed by atoms with Crippen molar-refractivity contribution in [3.05, 3.63) is 16.3 Å². The van der Waals surface area contributed by atoms with Crippen molar-refractivity contribution in [1.82, 2.24) is 19.2 Å². The van der Waals surface area contributed by atoms with Crippen molar-refractivity contribution in [2.75, 3.05) is 63.6 Å². The van der Waals surface area contributed by atoms with E-state index in [9.17, 15) is 8.42 Å². The molecule has 29 heavy (non-hydrogen) atoms. The number of hydrogen-bond acceptors (Lipinski definition) is 8. The number of rotatable bonds is 4. The van der Waals surface area contributed by atoms with Crippen LogP contribution in [0.3, 0.4) is 0 Å². The second-order valence-corrected chi connectivity index (χ2v) is 11.0. The van der Waals surface area contributed by atoms with E-state index in [0.29, 0.717) is 26.2 Å². The Labute approximate surface area is 176 Å². The molecule has 0 atom stereocenters. The van der Waals surface area contributed by atoms with Crippen molar-refractivity contribution in [1.29, 1.82) is 0 Å². The molecule has 0 spiro atoms. The van der Waals surface area contributed by atoms with Gasteiger partial charge in [0.25, 0.3) is 0 Å². The molecule has 2 fully saturated rings. The van der Waals surface area contributed by atoms with Crippen molar-refractivity contribution < 1.29 is 13.2 Å². The molecule has 0 bridgehead atoms. The Balaban J connectivity index is 1.67. The smallest absolute Gasteiger partial charge is 0.211 e. The van der Waals surface area contributed by atoms with Gasteiger partial charge in [0.05, 0.1) is 31.4 Å². The quantitative estimate of drug-likeness (QED) is 0.716. The number of aryl methyl sites for hydroxylation is 2. The average molecular weight is 440 g/mol. The molecule has 4 heterocycles. The van der Waals surface area contributed by atoms with E-state index in [2.05, 4.69) is 23.6 Å². The van der Waals surface area contributed by atoms with Crippen LogP contribution in [0.2, 0.25) is 0 Å². The molecule has 2 aliphatic rings. The molecule has 0 aliphatic carbocycles. The Hall–Kier alpha value is -1.33. The van der Waals surface area contributed by atoms with Gasteiger partial charge >= 0.3 is 0 Å². The molecular weight excluding hydrogens is 410 g/mol. The zero-order chi connectivity index (χ0) is 20.6. The van der Waals surface area contributed by atoms with Crippen LogP contribution in [0.4, 0.5) is 5.82 Å². The molecule has 2 saturated heterocycles. The molecule has 0 radical (unpaired) electrons. The van der Waals surface area contributed by atoms with Gasteiger partial charge in [-0.05, 0) is 25.8 Å². The van der Waals surface area contributed by atoms with Gasteiger partial charge in [0.15, 0.2) is 0 Å². The van der Waals surface area contributed by atoms with Crippen LogP contribution in [0, 0.1) is 13.8 Å². The van der Waals surface area contributed by atoms with E-state index in [1.165, 1.54) is 16.7 Å². The molecule has 0 saturated carbocycles. The van der Waals surface area contributed by atoms with Crippen LogP contribution in [0.5, 0.6) is 0 Å². The maximum atomic E-state index is 12.0. The summed E-state index contributed by atoms with van der Waals surface area (Å²) in [4.78, 5) is 16.7. The van der Waals surface area contributed by atoms with Gasteiger partial charge in [-0.3, -0.25) is 4.90 Å². The highest BCUT2D eigenvalue weighted by Gasteiger charge is 2.25. The summed E-state index contributed by atoms with van der Waals surface area (Å²) in [5.41, 5.74) is 1.22. The normalized spacial score (nSPS) is 20.3. The molecule has 2 aliphatic heterocycles. The lowest BCUT2D eigenvalue weighted by Gasteiger charge is -2.27. The number of thiophene rings is 1. The highest BCUT2D eigenvalue weighted by atomic mass is 32.2. The monoisotopic (exact) mass is 439 g/mol. The van der Waals surface area contributed by atoms with Gasteiger partial charge in [0.2, 0.25) is 10.0 Å². The first-order valence-corrected chi connectivity index (χ1v) is 12.8. The molecule has 0 unspecified atom stereocenters. The van der Waals surface area contributed by atoms with E-state index in [4.69, 9.17) is 14.7 Å². The van der Waals surface area contributed by atoms with Crippen LogP contribution in [-0.4, -0.2) is 86.3 Å². The first-order chi connectivity index (χ1) is 13.8. The van der Waals surface area contributed by atoms with Gasteiger partial charge in [-0.15, -0.1) is 11.3 Å². The maximum Gasteiger partial charge on any atom is 0.211 e. The Kier molecular flexibility index (Phi) is 6.08. The molecular formula is C19H29N5O3S2. The Morgan fingerprint density at radius 1 is 1.03 bits per heavy atom. The minimum absolute atomic E-state index is 0.491. The number of morpholine rings is 1. The number of ether oxygens (including phenoxy) is 1. The summed E-state index contributed by atoms with van der Waals surface area (Å²) in [6.07, 6.45) is 2.08. The summed E-state index contributed by atoms with van der Waals surface area (Å²) in [5.74, 6) is 1.79. The Morgan fingerprint density at radius 3 is 2.52 bits per heavy atom. The number of sulfonamides is 1. The summed E-state index contributed by atoms with van der Waals surface area (Å²) >= 11 is 1.72. The molecule has 0 N–H and O–H groups in total. The fraction of sp³-hybridized carbons (Fsp3) is 0.684. The minimum Gasteiger partial charge on any atom is -0.379 e. The fourth-order valence-corrected chi connectivity index (χ4v) is 5.88. The van der Waals surface area contributed by atoms with E-state index in [0.717, 1.165) is 61.1 Å². The van der Waals surface area contributed by atoms with Gasteiger partial charge < -0.3 is 9.64 Å². The van der Waals surface area contributed by atoms with Crippen LogP contribution in [0.1, 0.15) is 22.7 Å². The second-order valence-electron chi connectivity index (χ2n) is 7.82. The number of fused-ring (bicyclic) bond motifs is 1. The van der Waals surface area contributed by atoms with Gasteiger partial charge in [-0.2, -0.15) is 0 Å². The number of hydrogen-bond donors (Lipinski definition) is 0. The zero-order valence-electron chi connectivity index (χ0n) is 17.3. The summed E-state index contributed by atoms with van der Waals surface area (Å²) < 4.78 is 31.0. The number of anilines is 1. The van der Waals surface area contributed by atoms with Crippen molar-refractivity contribution in [2.24, 2.45) is 0 Å². The van der Waals surface area contributed by atoms with Crippen LogP contribution in [0.25, 0.3) is 10.2 Å². The highest BCUT2D eigenvalue weighted by Crippen LogP contribution is 2.35. The zero-order valence-corrected chi connectivity index (χ0v) is 19.0. The van der Waals surface area contributed by atoms with Crippen molar-refractivity contribution in [2.45, 2.75) is 26.8 Å². The van der Waals surface area contributed by atoms with Gasteiger partial charge in [0.1, 0.15) is 16.5 Å². The molecule has 8 nitrogen and oxygen atoms in total. The second kappa shape index (κ2) is 8.43. The lowest BCUT2D eigenvalue weighted by Crippen LogP contribution is -2.36. The van der Waals surface area contributed by atoms with Crippen LogP contribution < -0.4 is 4.90 Å². The third-order valence-electron chi connectivity index (χ3n) is 5.75. The van der Waals surface area contributed by atoms with E-state index >= 15 is 0 Å². The lowest BCUT2D eigenvalue weighted by molar-refractivity contribution is 0.0331. The first-order valence-electron chi connectivity index (χ1n) is 10.1. The van der Waals surface area contributed by atoms with Gasteiger partial charge in [-0.1, -0.05) is 0 Å². The molecule has 0 aromatic carbocycles. The third kappa shape index (κ3) is 4.56. The molecule has 160 valence electrons. The van der Waals surface area contributed by atoms with Gasteiger partial charge in [-0.25, -0.2) is 22.7 Å². The SMILES string of the molecule is Cc1sc2nc(CN3CCOCC3)nc(N3CCCN(S(C)(=O)=O)CC3)c2c1C. The van der Waals surface area contributed by atoms with E-state index < -0.39 is 10.0 Å². The summed E-state index contributed by atoms with van der Waals surface area (Å²) in [7, 11) is -3.17. The Morgan fingerprint density at radius 2 is 1.79 bits per heavy atom. The highest BCUT2D eigenvalue weighted by molar-refractivity contribution is 7.88. The number of nitrogens with zero attached hydrogens (tertiary/aromatic N) is 5. The molecule has 10 heteroatoms. The topological polar surface area (TPSA) is 78.9 Å². The van der Waals surface area contributed by atoms with E-state index in [1.54, 1.807) is 15.6 Å². The molecule has 2 aromatic heterocycles.